The van der Waals surface area contributed by atoms with Gasteiger partial charge in [-0.2, -0.15) is 0 Å². The fraction of sp³-hybridized carbons (Fsp3) is 0.167. The molecule has 0 atom stereocenters. The third-order valence-corrected chi connectivity index (χ3v) is 2.26. The van der Waals surface area contributed by atoms with E-state index in [4.69, 9.17) is 0 Å². The van der Waals surface area contributed by atoms with E-state index in [1.165, 1.54) is 0 Å². The minimum absolute atomic E-state index is 0.00424. The summed E-state index contributed by atoms with van der Waals surface area (Å²) >= 11 is 0. The molecule has 0 saturated carbocycles. The number of nitrogens with one attached hydrogen (secondary N) is 1. The highest BCUT2D eigenvalue weighted by Gasteiger charge is 2.02. The summed E-state index contributed by atoms with van der Waals surface area (Å²) < 4.78 is 0. The van der Waals surface area contributed by atoms with Crippen LogP contribution in [-0.4, -0.2) is 15.1 Å². The van der Waals surface area contributed by atoms with E-state index in [2.05, 4.69) is 15.3 Å². The molecule has 0 spiro atoms. The van der Waals surface area contributed by atoms with Crippen LogP contribution in [0.2, 0.25) is 0 Å². The first kappa shape index (κ1) is 10.6. The van der Waals surface area contributed by atoms with Gasteiger partial charge < -0.3 is 10.4 Å². The standard InChI is InChI=1S/C12H13N3O/c1-9-2-3-11(10(6-9)8-16)15-12-7-13-4-5-14-12/h2-7,16H,8H2,1H3,(H,14,15). The maximum atomic E-state index is 9.24. The first-order valence-electron chi connectivity index (χ1n) is 5.03. The summed E-state index contributed by atoms with van der Waals surface area (Å²) in [6.45, 7) is 2.00. The predicted molar refractivity (Wildman–Crippen MR) is 62.4 cm³/mol. The number of aromatic nitrogens is 2. The van der Waals surface area contributed by atoms with E-state index >= 15 is 0 Å². The first-order valence-corrected chi connectivity index (χ1v) is 5.03. The van der Waals surface area contributed by atoms with Crippen LogP contribution >= 0.6 is 0 Å². The zero-order valence-corrected chi connectivity index (χ0v) is 9.01. The molecule has 1 heterocycles. The quantitative estimate of drug-likeness (QED) is 0.822. The van der Waals surface area contributed by atoms with E-state index in [-0.39, 0.29) is 6.61 Å². The molecule has 0 bridgehead atoms. The Bertz CT molecular complexity index is 471. The van der Waals surface area contributed by atoms with Gasteiger partial charge in [-0.25, -0.2) is 4.98 Å². The molecule has 0 aliphatic carbocycles. The van der Waals surface area contributed by atoms with Crippen LogP contribution < -0.4 is 5.32 Å². The van der Waals surface area contributed by atoms with Gasteiger partial charge in [0.2, 0.25) is 0 Å². The van der Waals surface area contributed by atoms with Gasteiger partial charge in [-0.3, -0.25) is 4.98 Å². The largest absolute Gasteiger partial charge is 0.392 e. The van der Waals surface area contributed by atoms with E-state index in [1.807, 2.05) is 25.1 Å². The number of aryl methyl sites for hydroxylation is 1. The van der Waals surface area contributed by atoms with Crippen molar-refractivity contribution in [2.45, 2.75) is 13.5 Å². The Morgan fingerprint density at radius 1 is 1.31 bits per heavy atom. The summed E-state index contributed by atoms with van der Waals surface area (Å²) in [5, 5.41) is 12.4. The first-order chi connectivity index (χ1) is 7.79. The summed E-state index contributed by atoms with van der Waals surface area (Å²) in [6, 6.07) is 5.85. The topological polar surface area (TPSA) is 58.0 Å². The van der Waals surface area contributed by atoms with Gasteiger partial charge in [-0.15, -0.1) is 0 Å². The molecular weight excluding hydrogens is 202 g/mol. The molecule has 0 amide bonds. The normalized spacial score (nSPS) is 10.1. The second kappa shape index (κ2) is 4.72. The summed E-state index contributed by atoms with van der Waals surface area (Å²) in [6.07, 6.45) is 4.88. The lowest BCUT2D eigenvalue weighted by Gasteiger charge is -2.10. The monoisotopic (exact) mass is 215 g/mol. The zero-order chi connectivity index (χ0) is 11.4. The molecule has 0 saturated heterocycles. The fourth-order valence-corrected chi connectivity index (χ4v) is 1.48. The molecule has 2 aromatic rings. The molecule has 4 heteroatoms. The average molecular weight is 215 g/mol. The van der Waals surface area contributed by atoms with Crippen molar-refractivity contribution < 1.29 is 5.11 Å². The minimum Gasteiger partial charge on any atom is -0.392 e. The molecule has 2 rings (SSSR count). The number of benzene rings is 1. The molecule has 1 aromatic heterocycles. The number of rotatable bonds is 3. The van der Waals surface area contributed by atoms with Crippen LogP contribution in [-0.2, 0) is 6.61 Å². The molecule has 16 heavy (non-hydrogen) atoms. The number of aliphatic hydroxyl groups excluding tert-OH is 1. The lowest BCUT2D eigenvalue weighted by Crippen LogP contribution is -1.98. The Labute approximate surface area is 94.0 Å². The van der Waals surface area contributed by atoms with Crippen molar-refractivity contribution in [3.8, 4) is 0 Å². The Morgan fingerprint density at radius 3 is 2.88 bits per heavy atom. The molecule has 0 unspecified atom stereocenters. The van der Waals surface area contributed by atoms with Gasteiger partial charge in [0, 0.05) is 23.6 Å². The highest BCUT2D eigenvalue weighted by molar-refractivity contribution is 5.60. The number of hydrogen-bond acceptors (Lipinski definition) is 4. The molecule has 2 N–H and O–H groups in total. The molecule has 82 valence electrons. The second-order valence-electron chi connectivity index (χ2n) is 3.53. The molecular formula is C12H13N3O. The number of aliphatic hydroxyl groups is 1. The van der Waals surface area contributed by atoms with Crippen LogP contribution in [0.3, 0.4) is 0 Å². The molecule has 0 radical (unpaired) electrons. The van der Waals surface area contributed by atoms with E-state index in [0.717, 1.165) is 16.8 Å². The highest BCUT2D eigenvalue weighted by atomic mass is 16.3. The van der Waals surface area contributed by atoms with Crippen molar-refractivity contribution in [2.75, 3.05) is 5.32 Å². The van der Waals surface area contributed by atoms with Crippen molar-refractivity contribution in [3.63, 3.8) is 0 Å². The maximum absolute atomic E-state index is 9.24. The van der Waals surface area contributed by atoms with Crippen LogP contribution in [0.25, 0.3) is 0 Å². The fourth-order valence-electron chi connectivity index (χ4n) is 1.48. The van der Waals surface area contributed by atoms with E-state index < -0.39 is 0 Å². The van der Waals surface area contributed by atoms with Gasteiger partial charge in [0.1, 0.15) is 5.82 Å². The lowest BCUT2D eigenvalue weighted by atomic mass is 10.1. The Kier molecular flexibility index (Phi) is 3.12. The Balaban J connectivity index is 2.28. The van der Waals surface area contributed by atoms with Crippen LogP contribution in [0.1, 0.15) is 11.1 Å². The number of anilines is 2. The minimum atomic E-state index is 0.00424. The van der Waals surface area contributed by atoms with Crippen molar-refractivity contribution in [2.24, 2.45) is 0 Å². The van der Waals surface area contributed by atoms with E-state index in [9.17, 15) is 5.11 Å². The SMILES string of the molecule is Cc1ccc(Nc2cnccn2)c(CO)c1. The van der Waals surface area contributed by atoms with Gasteiger partial charge in [-0.1, -0.05) is 17.7 Å². The van der Waals surface area contributed by atoms with Crippen molar-refractivity contribution in [3.05, 3.63) is 47.9 Å². The third kappa shape index (κ3) is 2.35. The van der Waals surface area contributed by atoms with Crippen molar-refractivity contribution in [1.29, 1.82) is 0 Å². The van der Waals surface area contributed by atoms with Crippen LogP contribution in [0.15, 0.2) is 36.8 Å². The van der Waals surface area contributed by atoms with Crippen LogP contribution in [0, 0.1) is 6.92 Å². The zero-order valence-electron chi connectivity index (χ0n) is 9.01. The van der Waals surface area contributed by atoms with Gasteiger partial charge in [0.15, 0.2) is 0 Å². The van der Waals surface area contributed by atoms with E-state index in [0.29, 0.717) is 5.82 Å². The van der Waals surface area contributed by atoms with Gasteiger partial charge in [0.25, 0.3) is 0 Å². The Morgan fingerprint density at radius 2 is 2.19 bits per heavy atom. The smallest absolute Gasteiger partial charge is 0.148 e. The molecule has 1 aromatic carbocycles. The summed E-state index contributed by atoms with van der Waals surface area (Å²) in [4.78, 5) is 8.08. The molecule has 4 nitrogen and oxygen atoms in total. The van der Waals surface area contributed by atoms with Crippen LogP contribution in [0.4, 0.5) is 11.5 Å². The average Bonchev–Trinajstić information content (AvgIpc) is 2.33. The van der Waals surface area contributed by atoms with Gasteiger partial charge >= 0.3 is 0 Å². The number of nitrogens with zero attached hydrogens (tertiary/aromatic N) is 2. The predicted octanol–water partition coefficient (Wildman–Crippen LogP) is 2.02. The van der Waals surface area contributed by atoms with E-state index in [1.54, 1.807) is 18.6 Å². The third-order valence-electron chi connectivity index (χ3n) is 2.26. The molecule has 0 fully saturated rings. The van der Waals surface area contributed by atoms with Gasteiger partial charge in [-0.05, 0) is 13.0 Å². The molecule has 0 aliphatic rings. The molecule has 0 aliphatic heterocycles. The van der Waals surface area contributed by atoms with Crippen molar-refractivity contribution >= 4 is 11.5 Å². The van der Waals surface area contributed by atoms with Crippen LogP contribution in [0.5, 0.6) is 0 Å². The lowest BCUT2D eigenvalue weighted by molar-refractivity contribution is 0.282. The van der Waals surface area contributed by atoms with Gasteiger partial charge in [0.05, 0.1) is 12.8 Å². The number of hydrogen-bond donors (Lipinski definition) is 2. The highest BCUT2D eigenvalue weighted by Crippen LogP contribution is 2.20. The van der Waals surface area contributed by atoms with Crippen molar-refractivity contribution in [1.82, 2.24) is 9.97 Å². The Hall–Kier alpha value is -1.94. The summed E-state index contributed by atoms with van der Waals surface area (Å²) in [7, 11) is 0. The second-order valence-corrected chi connectivity index (χ2v) is 3.53. The summed E-state index contributed by atoms with van der Waals surface area (Å²) in [5.41, 5.74) is 2.83. The summed E-state index contributed by atoms with van der Waals surface area (Å²) in [5.74, 6) is 0.668. The maximum Gasteiger partial charge on any atom is 0.148 e.